The lowest BCUT2D eigenvalue weighted by molar-refractivity contribution is -0.149. The molecule has 0 spiro atoms. The van der Waals surface area contributed by atoms with Crippen LogP contribution in [-0.2, 0) is 0 Å². The molecule has 120 valence electrons. The monoisotopic (exact) mass is 297 g/mol. The first-order valence-electron chi connectivity index (χ1n) is 7.18. The third kappa shape index (κ3) is 7.42. The van der Waals surface area contributed by atoms with Crippen molar-refractivity contribution >= 4 is 0 Å². The highest BCUT2D eigenvalue weighted by molar-refractivity contribution is 4.76. The molecule has 0 bridgehead atoms. The first-order chi connectivity index (χ1) is 9.30. The lowest BCUT2D eigenvalue weighted by atomic mass is 10.1. The molecule has 1 aliphatic heterocycles. The van der Waals surface area contributed by atoms with Gasteiger partial charge in [0.15, 0.2) is 0 Å². The lowest BCUT2D eigenvalue weighted by Gasteiger charge is -2.35. The van der Waals surface area contributed by atoms with Crippen LogP contribution in [-0.4, -0.2) is 79.0 Å². The van der Waals surface area contributed by atoms with Gasteiger partial charge in [0.2, 0.25) is 0 Å². The van der Waals surface area contributed by atoms with E-state index in [2.05, 4.69) is 10.2 Å². The van der Waals surface area contributed by atoms with Gasteiger partial charge in [0, 0.05) is 38.3 Å². The van der Waals surface area contributed by atoms with E-state index in [0.717, 1.165) is 13.0 Å². The van der Waals surface area contributed by atoms with Gasteiger partial charge in [-0.05, 0) is 13.0 Å². The molecule has 4 nitrogen and oxygen atoms in total. The van der Waals surface area contributed by atoms with Crippen LogP contribution in [0.1, 0.15) is 20.3 Å². The van der Waals surface area contributed by atoms with E-state index in [9.17, 15) is 18.3 Å². The largest absolute Gasteiger partial charge is 0.401 e. The third-order valence-electron chi connectivity index (χ3n) is 3.45. The fourth-order valence-electron chi connectivity index (χ4n) is 2.46. The van der Waals surface area contributed by atoms with Gasteiger partial charge in [0.1, 0.15) is 0 Å². The predicted molar refractivity (Wildman–Crippen MR) is 72.7 cm³/mol. The van der Waals surface area contributed by atoms with Crippen molar-refractivity contribution < 1.29 is 18.3 Å². The number of alkyl halides is 3. The first-order valence-corrected chi connectivity index (χ1v) is 7.18. The van der Waals surface area contributed by atoms with Gasteiger partial charge in [-0.25, -0.2) is 0 Å². The molecular formula is C13H26F3N3O. The number of nitrogens with one attached hydrogen (secondary N) is 1. The molecule has 1 fully saturated rings. The molecular weight excluding hydrogens is 271 g/mol. The number of hydrogen-bond donors (Lipinski definition) is 2. The van der Waals surface area contributed by atoms with Gasteiger partial charge in [-0.2, -0.15) is 13.2 Å². The van der Waals surface area contributed by atoms with Crippen LogP contribution in [0.5, 0.6) is 0 Å². The van der Waals surface area contributed by atoms with Gasteiger partial charge in [-0.1, -0.05) is 13.8 Å². The SMILES string of the molecule is CC(C)NC(CO)CCN1CCN(CC(F)(F)F)CC1. The Balaban J connectivity index is 2.22. The van der Waals surface area contributed by atoms with E-state index in [4.69, 9.17) is 0 Å². The van der Waals surface area contributed by atoms with Crippen LogP contribution < -0.4 is 5.32 Å². The highest BCUT2D eigenvalue weighted by Gasteiger charge is 2.32. The van der Waals surface area contributed by atoms with Gasteiger partial charge in [0.25, 0.3) is 0 Å². The molecule has 0 aromatic heterocycles. The summed E-state index contributed by atoms with van der Waals surface area (Å²) < 4.78 is 36.8. The number of nitrogens with zero attached hydrogens (tertiary/aromatic N) is 2. The molecule has 0 radical (unpaired) electrons. The first kappa shape index (κ1) is 17.7. The molecule has 1 heterocycles. The van der Waals surface area contributed by atoms with E-state index >= 15 is 0 Å². The van der Waals surface area contributed by atoms with Crippen molar-refractivity contribution in [3.63, 3.8) is 0 Å². The molecule has 0 aliphatic carbocycles. The number of aliphatic hydroxyl groups is 1. The highest BCUT2D eigenvalue weighted by atomic mass is 19.4. The normalized spacial score (nSPS) is 20.6. The summed E-state index contributed by atoms with van der Waals surface area (Å²) in [5, 5.41) is 12.5. The molecule has 0 aromatic carbocycles. The maximum absolute atomic E-state index is 12.3. The van der Waals surface area contributed by atoms with Gasteiger partial charge in [-0.3, -0.25) is 4.90 Å². The minimum Gasteiger partial charge on any atom is -0.395 e. The van der Waals surface area contributed by atoms with Crippen LogP contribution in [0, 0.1) is 0 Å². The third-order valence-corrected chi connectivity index (χ3v) is 3.45. The van der Waals surface area contributed by atoms with Gasteiger partial charge in [0.05, 0.1) is 13.2 Å². The Labute approximate surface area is 118 Å². The Morgan fingerprint density at radius 1 is 1.10 bits per heavy atom. The molecule has 0 aromatic rings. The van der Waals surface area contributed by atoms with E-state index in [1.807, 2.05) is 13.8 Å². The summed E-state index contributed by atoms with van der Waals surface area (Å²) in [4.78, 5) is 3.62. The van der Waals surface area contributed by atoms with Crippen molar-refractivity contribution in [3.8, 4) is 0 Å². The smallest absolute Gasteiger partial charge is 0.395 e. The minimum absolute atomic E-state index is 0.0585. The molecule has 7 heteroatoms. The van der Waals surface area contributed by atoms with Crippen LogP contribution in [0.4, 0.5) is 13.2 Å². The summed E-state index contributed by atoms with van der Waals surface area (Å²) in [5.74, 6) is 0. The summed E-state index contributed by atoms with van der Waals surface area (Å²) in [6.07, 6.45) is -3.29. The maximum atomic E-state index is 12.3. The van der Waals surface area contributed by atoms with E-state index in [0.29, 0.717) is 32.2 Å². The Morgan fingerprint density at radius 2 is 1.65 bits per heavy atom. The fourth-order valence-corrected chi connectivity index (χ4v) is 2.46. The van der Waals surface area contributed by atoms with E-state index in [1.165, 1.54) is 4.90 Å². The Kier molecular flexibility index (Phi) is 7.22. The van der Waals surface area contributed by atoms with E-state index < -0.39 is 12.7 Å². The highest BCUT2D eigenvalue weighted by Crippen LogP contribution is 2.17. The van der Waals surface area contributed by atoms with Crippen molar-refractivity contribution in [3.05, 3.63) is 0 Å². The van der Waals surface area contributed by atoms with Crippen molar-refractivity contribution in [2.24, 2.45) is 0 Å². The maximum Gasteiger partial charge on any atom is 0.401 e. The number of piperazine rings is 1. The minimum atomic E-state index is -4.11. The quantitative estimate of drug-likeness (QED) is 0.733. The van der Waals surface area contributed by atoms with Crippen molar-refractivity contribution in [2.75, 3.05) is 45.9 Å². The molecule has 1 rings (SSSR count). The fraction of sp³-hybridized carbons (Fsp3) is 1.00. The Bertz CT molecular complexity index is 266. The summed E-state index contributed by atoms with van der Waals surface area (Å²) in [6.45, 7) is 6.39. The zero-order valence-electron chi connectivity index (χ0n) is 12.3. The number of hydrogen-bond acceptors (Lipinski definition) is 4. The second kappa shape index (κ2) is 8.17. The van der Waals surface area contributed by atoms with Crippen LogP contribution in [0.2, 0.25) is 0 Å². The summed E-state index contributed by atoms with van der Waals surface area (Å²) >= 11 is 0. The van der Waals surface area contributed by atoms with Crippen molar-refractivity contribution in [1.29, 1.82) is 0 Å². The zero-order chi connectivity index (χ0) is 15.2. The standard InChI is InChI=1S/C13H26F3N3O/c1-11(2)17-12(9-20)3-4-18-5-7-19(8-6-18)10-13(14,15)16/h11-12,17,20H,3-10H2,1-2H3. The Morgan fingerprint density at radius 3 is 2.10 bits per heavy atom. The molecule has 1 unspecified atom stereocenters. The van der Waals surface area contributed by atoms with Crippen LogP contribution in [0.25, 0.3) is 0 Å². The number of aliphatic hydroxyl groups excluding tert-OH is 1. The Hall–Kier alpha value is -0.370. The number of rotatable bonds is 7. The second-order valence-corrected chi connectivity index (χ2v) is 5.72. The molecule has 1 saturated heterocycles. The van der Waals surface area contributed by atoms with Crippen LogP contribution in [0.3, 0.4) is 0 Å². The zero-order valence-corrected chi connectivity index (χ0v) is 12.3. The van der Waals surface area contributed by atoms with Crippen molar-refractivity contribution in [2.45, 2.75) is 38.5 Å². The molecule has 20 heavy (non-hydrogen) atoms. The molecule has 0 amide bonds. The molecule has 0 saturated carbocycles. The lowest BCUT2D eigenvalue weighted by Crippen LogP contribution is -2.50. The average molecular weight is 297 g/mol. The van der Waals surface area contributed by atoms with Gasteiger partial charge >= 0.3 is 6.18 Å². The van der Waals surface area contributed by atoms with Crippen LogP contribution in [0.15, 0.2) is 0 Å². The van der Waals surface area contributed by atoms with Crippen LogP contribution >= 0.6 is 0 Å². The summed E-state index contributed by atoms with van der Waals surface area (Å²) in [5.41, 5.74) is 0. The van der Waals surface area contributed by atoms with E-state index in [-0.39, 0.29) is 12.6 Å². The van der Waals surface area contributed by atoms with E-state index in [1.54, 1.807) is 0 Å². The summed E-state index contributed by atoms with van der Waals surface area (Å²) in [7, 11) is 0. The summed E-state index contributed by atoms with van der Waals surface area (Å²) in [6, 6.07) is 0.374. The second-order valence-electron chi connectivity index (χ2n) is 5.72. The van der Waals surface area contributed by atoms with Crippen molar-refractivity contribution in [1.82, 2.24) is 15.1 Å². The molecule has 2 N–H and O–H groups in total. The molecule has 1 atom stereocenters. The average Bonchev–Trinajstić information content (AvgIpc) is 2.34. The number of halogens is 3. The topological polar surface area (TPSA) is 38.7 Å². The predicted octanol–water partition coefficient (Wildman–Crippen LogP) is 0.915. The molecule has 1 aliphatic rings. The van der Waals surface area contributed by atoms with Gasteiger partial charge in [-0.15, -0.1) is 0 Å². The van der Waals surface area contributed by atoms with Gasteiger partial charge < -0.3 is 15.3 Å².